The molecule has 8 nitrogen and oxygen atoms in total. The number of benzene rings is 2. The van der Waals surface area contributed by atoms with E-state index in [0.717, 1.165) is 11.3 Å². The Balaban J connectivity index is 1.32. The summed E-state index contributed by atoms with van der Waals surface area (Å²) in [6.45, 7) is 1.13. The highest BCUT2D eigenvalue weighted by Gasteiger charge is 2.32. The van der Waals surface area contributed by atoms with Gasteiger partial charge in [0.1, 0.15) is 5.75 Å². The first-order valence-corrected chi connectivity index (χ1v) is 12.4. The molecule has 2 aromatic carbocycles. The van der Waals surface area contributed by atoms with Crippen molar-refractivity contribution >= 4 is 33.2 Å². The monoisotopic (exact) mass is 488 g/mol. The molecule has 1 aliphatic rings. The second kappa shape index (κ2) is 9.94. The lowest BCUT2D eigenvalue weighted by Crippen LogP contribution is -2.41. The van der Waals surface area contributed by atoms with Gasteiger partial charge in [0, 0.05) is 30.2 Å². The lowest BCUT2D eigenvalue weighted by molar-refractivity contribution is -0.120. The minimum absolute atomic E-state index is 0.125. The van der Waals surface area contributed by atoms with E-state index in [2.05, 4.69) is 10.4 Å². The number of piperidine rings is 1. The first kappa shape index (κ1) is 23.3. The number of methoxy groups -OCH3 is 1. The van der Waals surface area contributed by atoms with Gasteiger partial charge in [-0.05, 0) is 54.8 Å². The predicted octanol–water partition coefficient (Wildman–Crippen LogP) is 3.63. The van der Waals surface area contributed by atoms with Gasteiger partial charge in [0.2, 0.25) is 15.9 Å². The van der Waals surface area contributed by atoms with Gasteiger partial charge in [-0.1, -0.05) is 23.7 Å². The molecule has 0 spiro atoms. The van der Waals surface area contributed by atoms with Crippen LogP contribution < -0.4 is 10.1 Å². The van der Waals surface area contributed by atoms with Crippen molar-refractivity contribution in [3.63, 3.8) is 0 Å². The van der Waals surface area contributed by atoms with Crippen LogP contribution in [0.3, 0.4) is 0 Å². The van der Waals surface area contributed by atoms with Crippen LogP contribution in [0, 0.1) is 5.92 Å². The number of nitrogens with zero attached hydrogens (tertiary/aromatic N) is 3. The largest absolute Gasteiger partial charge is 0.497 e. The molecule has 0 bridgehead atoms. The molecule has 1 N–H and O–H groups in total. The van der Waals surface area contributed by atoms with Crippen LogP contribution in [-0.4, -0.2) is 48.6 Å². The maximum Gasteiger partial charge on any atom is 0.243 e. The Bertz CT molecular complexity index is 1220. The van der Waals surface area contributed by atoms with Crippen molar-refractivity contribution < 1.29 is 17.9 Å². The van der Waals surface area contributed by atoms with Gasteiger partial charge < -0.3 is 10.1 Å². The minimum Gasteiger partial charge on any atom is -0.497 e. The zero-order valence-electron chi connectivity index (χ0n) is 18.1. The first-order valence-electron chi connectivity index (χ1n) is 10.6. The van der Waals surface area contributed by atoms with E-state index in [0.29, 0.717) is 30.1 Å². The second-order valence-corrected chi connectivity index (χ2v) is 10.3. The molecule has 1 fully saturated rings. The molecular weight excluding hydrogens is 464 g/mol. The Morgan fingerprint density at radius 1 is 1.18 bits per heavy atom. The molecule has 0 saturated carbocycles. The van der Waals surface area contributed by atoms with Crippen molar-refractivity contribution in [1.29, 1.82) is 0 Å². The molecule has 2 heterocycles. The highest BCUT2D eigenvalue weighted by atomic mass is 35.5. The Labute approximate surface area is 198 Å². The van der Waals surface area contributed by atoms with Gasteiger partial charge >= 0.3 is 0 Å². The van der Waals surface area contributed by atoms with Crippen LogP contribution >= 0.6 is 11.6 Å². The van der Waals surface area contributed by atoms with E-state index < -0.39 is 10.0 Å². The fourth-order valence-electron chi connectivity index (χ4n) is 3.83. The Morgan fingerprint density at radius 3 is 2.61 bits per heavy atom. The van der Waals surface area contributed by atoms with Gasteiger partial charge in [0.15, 0.2) is 0 Å². The maximum absolute atomic E-state index is 12.8. The summed E-state index contributed by atoms with van der Waals surface area (Å²) in [5.41, 5.74) is 1.64. The van der Waals surface area contributed by atoms with E-state index in [1.807, 2.05) is 24.3 Å². The first-order chi connectivity index (χ1) is 15.8. The number of rotatable bonds is 7. The highest BCUT2D eigenvalue weighted by molar-refractivity contribution is 7.89. The fourth-order valence-corrected chi connectivity index (χ4v) is 5.43. The normalized spacial score (nSPS) is 15.3. The van der Waals surface area contributed by atoms with Crippen LogP contribution in [0.4, 0.5) is 5.69 Å². The summed E-state index contributed by atoms with van der Waals surface area (Å²) >= 11 is 5.86. The summed E-state index contributed by atoms with van der Waals surface area (Å²) in [6.07, 6.45) is 4.29. The molecule has 174 valence electrons. The molecule has 1 saturated heterocycles. The predicted molar refractivity (Wildman–Crippen MR) is 126 cm³/mol. The van der Waals surface area contributed by atoms with Crippen LogP contribution in [0.2, 0.25) is 5.02 Å². The molecule has 1 aliphatic heterocycles. The van der Waals surface area contributed by atoms with Gasteiger partial charge in [-0.2, -0.15) is 9.40 Å². The lowest BCUT2D eigenvalue weighted by atomic mass is 9.97. The molecule has 10 heteroatoms. The zero-order valence-corrected chi connectivity index (χ0v) is 19.7. The average Bonchev–Trinajstić information content (AvgIpc) is 3.26. The molecule has 33 heavy (non-hydrogen) atoms. The number of carbonyl (C=O) groups excluding carboxylic acids is 1. The van der Waals surface area contributed by atoms with Gasteiger partial charge in [-0.3, -0.25) is 9.48 Å². The summed E-state index contributed by atoms with van der Waals surface area (Å²) < 4.78 is 34.1. The number of amides is 1. The van der Waals surface area contributed by atoms with Crippen LogP contribution in [0.15, 0.2) is 65.8 Å². The SMILES string of the molecule is COc1cccc(Cn2cc(NC(=O)C3CCN(S(=O)(=O)c4ccc(Cl)cc4)CC3)cn2)c1. The third-order valence-electron chi connectivity index (χ3n) is 5.66. The number of carbonyl (C=O) groups is 1. The summed E-state index contributed by atoms with van der Waals surface area (Å²) in [6, 6.07) is 13.8. The quantitative estimate of drug-likeness (QED) is 0.548. The Kier molecular flexibility index (Phi) is 7.02. The van der Waals surface area contributed by atoms with Crippen molar-refractivity contribution in [2.75, 3.05) is 25.5 Å². The standard InChI is InChI=1S/C23H25ClN4O4S/c1-32-21-4-2-3-17(13-21)15-27-16-20(14-25-27)26-23(29)18-9-11-28(12-10-18)33(30,31)22-7-5-19(24)6-8-22/h2-8,13-14,16,18H,9-12,15H2,1H3,(H,26,29). The van der Waals surface area contributed by atoms with Crippen molar-refractivity contribution in [2.45, 2.75) is 24.3 Å². The van der Waals surface area contributed by atoms with E-state index in [9.17, 15) is 13.2 Å². The van der Waals surface area contributed by atoms with Crippen LogP contribution in [0.25, 0.3) is 0 Å². The third-order valence-corrected chi connectivity index (χ3v) is 7.82. The molecule has 4 rings (SSSR count). The van der Waals surface area contributed by atoms with Crippen LogP contribution in [0.1, 0.15) is 18.4 Å². The molecule has 1 amide bonds. The van der Waals surface area contributed by atoms with E-state index in [4.69, 9.17) is 16.3 Å². The molecule has 0 aliphatic carbocycles. The number of anilines is 1. The molecule has 1 aromatic heterocycles. The Morgan fingerprint density at radius 2 is 1.91 bits per heavy atom. The highest BCUT2D eigenvalue weighted by Crippen LogP contribution is 2.25. The van der Waals surface area contributed by atoms with Crippen molar-refractivity contribution in [2.24, 2.45) is 5.92 Å². The number of ether oxygens (including phenoxy) is 1. The number of sulfonamides is 1. The van der Waals surface area contributed by atoms with Crippen LogP contribution in [-0.2, 0) is 21.4 Å². The molecule has 0 atom stereocenters. The summed E-state index contributed by atoms with van der Waals surface area (Å²) in [5, 5.41) is 7.70. The van der Waals surface area contributed by atoms with Crippen molar-refractivity contribution in [3.05, 3.63) is 71.5 Å². The number of aromatic nitrogens is 2. The van der Waals surface area contributed by atoms with E-state index >= 15 is 0 Å². The molecule has 0 unspecified atom stereocenters. The van der Waals surface area contributed by atoms with Gasteiger partial charge in [-0.15, -0.1) is 0 Å². The second-order valence-electron chi connectivity index (χ2n) is 7.90. The average molecular weight is 489 g/mol. The van der Waals surface area contributed by atoms with Gasteiger partial charge in [0.05, 0.1) is 30.4 Å². The van der Waals surface area contributed by atoms with E-state index in [1.165, 1.54) is 16.4 Å². The van der Waals surface area contributed by atoms with Crippen molar-refractivity contribution in [3.8, 4) is 5.75 Å². The molecular formula is C23H25ClN4O4S. The summed E-state index contributed by atoms with van der Waals surface area (Å²) in [5.74, 6) is 0.389. The smallest absolute Gasteiger partial charge is 0.243 e. The molecule has 3 aromatic rings. The summed E-state index contributed by atoms with van der Waals surface area (Å²) in [7, 11) is -1.97. The zero-order chi connectivity index (χ0) is 23.4. The lowest BCUT2D eigenvalue weighted by Gasteiger charge is -2.30. The topological polar surface area (TPSA) is 93.5 Å². The van der Waals surface area contributed by atoms with Gasteiger partial charge in [-0.25, -0.2) is 8.42 Å². The third kappa shape index (κ3) is 5.55. The van der Waals surface area contributed by atoms with E-state index in [-0.39, 0.29) is 29.8 Å². The number of hydrogen-bond acceptors (Lipinski definition) is 5. The minimum atomic E-state index is -3.60. The Hall–Kier alpha value is -2.88. The van der Waals surface area contributed by atoms with Crippen molar-refractivity contribution in [1.82, 2.24) is 14.1 Å². The molecule has 0 radical (unpaired) electrons. The van der Waals surface area contributed by atoms with Gasteiger partial charge in [0.25, 0.3) is 0 Å². The summed E-state index contributed by atoms with van der Waals surface area (Å²) in [4.78, 5) is 12.9. The maximum atomic E-state index is 12.8. The fraction of sp³-hybridized carbons (Fsp3) is 0.304. The number of hydrogen-bond donors (Lipinski definition) is 1. The number of nitrogens with one attached hydrogen (secondary N) is 1. The number of halogens is 1. The van der Waals surface area contributed by atoms with Crippen LogP contribution in [0.5, 0.6) is 5.75 Å². The van der Waals surface area contributed by atoms with E-state index in [1.54, 1.807) is 36.3 Å².